The van der Waals surface area contributed by atoms with Crippen LogP contribution in [0.25, 0.3) is 0 Å². The quantitative estimate of drug-likeness (QED) is 0.416. The van der Waals surface area contributed by atoms with Crippen LogP contribution in [-0.4, -0.2) is 31.0 Å². The zero-order valence-corrected chi connectivity index (χ0v) is 19.8. The van der Waals surface area contributed by atoms with Gasteiger partial charge in [-0.25, -0.2) is 8.42 Å². The number of sulfonamides is 1. The van der Waals surface area contributed by atoms with Crippen LogP contribution in [-0.2, 0) is 16.4 Å². The van der Waals surface area contributed by atoms with Gasteiger partial charge in [0.15, 0.2) is 5.82 Å². The first-order chi connectivity index (χ1) is 15.2. The molecular weight excluding hydrogens is 475 g/mol. The van der Waals surface area contributed by atoms with Crippen LogP contribution in [0.3, 0.4) is 0 Å². The van der Waals surface area contributed by atoms with Gasteiger partial charge in [0, 0.05) is 30.1 Å². The molecule has 0 aliphatic carbocycles. The van der Waals surface area contributed by atoms with Gasteiger partial charge in [-0.3, -0.25) is 9.52 Å². The Labute approximate surface area is 196 Å². The molecule has 1 aromatic heterocycles. The van der Waals surface area contributed by atoms with E-state index < -0.39 is 10.0 Å². The molecule has 2 aromatic carbocycles. The van der Waals surface area contributed by atoms with Crippen molar-refractivity contribution in [3.8, 4) is 0 Å². The molecule has 0 radical (unpaired) electrons. The van der Waals surface area contributed by atoms with E-state index in [0.29, 0.717) is 36.7 Å². The van der Waals surface area contributed by atoms with E-state index in [9.17, 15) is 13.2 Å². The smallest absolute Gasteiger partial charge is 0.261 e. The molecule has 2 N–H and O–H groups in total. The highest BCUT2D eigenvalue weighted by molar-refractivity contribution is 7.92. The average Bonchev–Trinajstić information content (AvgIpc) is 3.22. The van der Waals surface area contributed by atoms with Gasteiger partial charge in [0.2, 0.25) is 5.89 Å². The molecular formula is C21H22Cl2N4O4S. The summed E-state index contributed by atoms with van der Waals surface area (Å²) in [5, 5.41) is 7.08. The van der Waals surface area contributed by atoms with Gasteiger partial charge in [-0.15, -0.1) is 0 Å². The molecule has 170 valence electrons. The van der Waals surface area contributed by atoms with Crippen molar-refractivity contribution in [3.05, 3.63) is 69.8 Å². The summed E-state index contributed by atoms with van der Waals surface area (Å²) >= 11 is 11.8. The summed E-state index contributed by atoms with van der Waals surface area (Å²) in [6.07, 6.45) is 1.17. The molecule has 3 rings (SSSR count). The van der Waals surface area contributed by atoms with E-state index in [1.54, 1.807) is 18.2 Å². The third-order valence-corrected chi connectivity index (χ3v) is 6.55. The second kappa shape index (κ2) is 10.3. The lowest BCUT2D eigenvalue weighted by molar-refractivity contribution is 0.0953. The maximum atomic E-state index is 12.6. The van der Waals surface area contributed by atoms with Crippen LogP contribution in [0.1, 0.15) is 48.3 Å². The van der Waals surface area contributed by atoms with Crippen molar-refractivity contribution in [3.63, 3.8) is 0 Å². The molecule has 0 spiro atoms. The molecule has 0 unspecified atom stereocenters. The summed E-state index contributed by atoms with van der Waals surface area (Å²) in [6, 6.07) is 10.2. The van der Waals surface area contributed by atoms with Crippen LogP contribution in [0.4, 0.5) is 5.69 Å². The number of benzene rings is 2. The van der Waals surface area contributed by atoms with Crippen LogP contribution in [0, 0.1) is 0 Å². The minimum atomic E-state index is -3.90. The fourth-order valence-electron chi connectivity index (χ4n) is 2.73. The number of carbonyl (C=O) groups excluding carboxylic acids is 1. The molecule has 0 fully saturated rings. The first kappa shape index (κ1) is 24.0. The Balaban J connectivity index is 1.57. The lowest BCUT2D eigenvalue weighted by atomic mass is 10.2. The maximum Gasteiger partial charge on any atom is 0.261 e. The van der Waals surface area contributed by atoms with Crippen LogP contribution < -0.4 is 10.0 Å². The predicted octanol–water partition coefficient (Wildman–Crippen LogP) is 4.66. The molecule has 0 aliphatic rings. The second-order valence-corrected chi connectivity index (χ2v) is 9.82. The monoisotopic (exact) mass is 496 g/mol. The van der Waals surface area contributed by atoms with Gasteiger partial charge >= 0.3 is 0 Å². The van der Waals surface area contributed by atoms with Crippen LogP contribution >= 0.6 is 23.2 Å². The molecule has 1 amide bonds. The van der Waals surface area contributed by atoms with Crippen LogP contribution in [0.2, 0.25) is 10.0 Å². The molecule has 0 aliphatic heterocycles. The third kappa shape index (κ3) is 6.21. The van der Waals surface area contributed by atoms with E-state index in [1.807, 2.05) is 13.8 Å². The lowest BCUT2D eigenvalue weighted by Crippen LogP contribution is -2.25. The van der Waals surface area contributed by atoms with Gasteiger partial charge in [0.25, 0.3) is 15.9 Å². The Morgan fingerprint density at radius 2 is 1.91 bits per heavy atom. The molecule has 0 bridgehead atoms. The number of carbonyl (C=O) groups is 1. The standard InChI is InChI=1S/C21H22Cl2N4O4S/c1-13(2)20-25-19(31-26-20)7-4-10-24-21(28)14-5-3-6-15(11-14)27-32(29,30)16-8-9-17(22)18(23)12-16/h3,5-6,8-9,11-13,27H,4,7,10H2,1-2H3,(H,24,28). The van der Waals surface area contributed by atoms with Crippen molar-refractivity contribution in [1.29, 1.82) is 0 Å². The Morgan fingerprint density at radius 3 is 2.59 bits per heavy atom. The number of rotatable bonds is 9. The molecule has 8 nitrogen and oxygen atoms in total. The molecule has 11 heteroatoms. The first-order valence-corrected chi connectivity index (χ1v) is 12.1. The minimum absolute atomic E-state index is 0.0385. The van der Waals surface area contributed by atoms with E-state index in [4.69, 9.17) is 27.7 Å². The Kier molecular flexibility index (Phi) is 7.76. The number of hydrogen-bond acceptors (Lipinski definition) is 6. The van der Waals surface area contributed by atoms with Crippen molar-refractivity contribution in [1.82, 2.24) is 15.5 Å². The maximum absolute atomic E-state index is 12.6. The summed E-state index contributed by atoms with van der Waals surface area (Å²) in [5.41, 5.74) is 0.565. The number of nitrogens with zero attached hydrogens (tertiary/aromatic N) is 2. The average molecular weight is 497 g/mol. The number of amides is 1. The number of aryl methyl sites for hydroxylation is 1. The molecule has 3 aromatic rings. The van der Waals surface area contributed by atoms with Gasteiger partial charge in [-0.1, -0.05) is 48.3 Å². The van der Waals surface area contributed by atoms with Crippen molar-refractivity contribution in [2.24, 2.45) is 0 Å². The van der Waals surface area contributed by atoms with E-state index >= 15 is 0 Å². The normalized spacial score (nSPS) is 11.5. The molecule has 0 atom stereocenters. The van der Waals surface area contributed by atoms with E-state index in [1.165, 1.54) is 24.3 Å². The van der Waals surface area contributed by atoms with Gasteiger partial charge in [-0.05, 0) is 42.8 Å². The highest BCUT2D eigenvalue weighted by Gasteiger charge is 2.17. The van der Waals surface area contributed by atoms with E-state index in [0.717, 1.165) is 0 Å². The molecule has 1 heterocycles. The largest absolute Gasteiger partial charge is 0.352 e. The zero-order valence-electron chi connectivity index (χ0n) is 17.4. The van der Waals surface area contributed by atoms with E-state index in [-0.39, 0.29) is 32.5 Å². The van der Waals surface area contributed by atoms with E-state index in [2.05, 4.69) is 20.2 Å². The van der Waals surface area contributed by atoms with Crippen molar-refractivity contribution in [2.75, 3.05) is 11.3 Å². The predicted molar refractivity (Wildman–Crippen MR) is 123 cm³/mol. The second-order valence-electron chi connectivity index (χ2n) is 7.32. The SMILES string of the molecule is CC(C)c1noc(CCCNC(=O)c2cccc(NS(=O)(=O)c3ccc(Cl)c(Cl)c3)c2)n1. The van der Waals surface area contributed by atoms with Crippen LogP contribution in [0.15, 0.2) is 51.9 Å². The number of aromatic nitrogens is 2. The molecule has 0 saturated carbocycles. The van der Waals surface area contributed by atoms with Gasteiger partial charge < -0.3 is 9.84 Å². The number of nitrogens with one attached hydrogen (secondary N) is 2. The summed E-state index contributed by atoms with van der Waals surface area (Å²) in [7, 11) is -3.90. The summed E-state index contributed by atoms with van der Waals surface area (Å²) < 4.78 is 32.8. The fraction of sp³-hybridized carbons (Fsp3) is 0.286. The lowest BCUT2D eigenvalue weighted by Gasteiger charge is -2.10. The summed E-state index contributed by atoms with van der Waals surface area (Å²) in [5.74, 6) is 1.05. The van der Waals surface area contributed by atoms with Gasteiger partial charge in [0.05, 0.1) is 14.9 Å². The number of hydrogen-bond donors (Lipinski definition) is 2. The Morgan fingerprint density at radius 1 is 1.12 bits per heavy atom. The Hall–Kier alpha value is -2.62. The van der Waals surface area contributed by atoms with Crippen molar-refractivity contribution >= 4 is 44.8 Å². The van der Waals surface area contributed by atoms with Crippen molar-refractivity contribution < 1.29 is 17.7 Å². The highest BCUT2D eigenvalue weighted by Crippen LogP contribution is 2.26. The Bertz CT molecular complexity index is 1210. The fourth-order valence-corrected chi connectivity index (χ4v) is 4.17. The topological polar surface area (TPSA) is 114 Å². The first-order valence-electron chi connectivity index (χ1n) is 9.84. The molecule has 32 heavy (non-hydrogen) atoms. The van der Waals surface area contributed by atoms with Gasteiger partial charge in [-0.2, -0.15) is 4.98 Å². The minimum Gasteiger partial charge on any atom is -0.352 e. The van der Waals surface area contributed by atoms with Crippen molar-refractivity contribution in [2.45, 2.75) is 37.5 Å². The molecule has 0 saturated heterocycles. The number of halogens is 2. The highest BCUT2D eigenvalue weighted by atomic mass is 35.5. The van der Waals surface area contributed by atoms with Crippen LogP contribution in [0.5, 0.6) is 0 Å². The number of anilines is 1. The third-order valence-electron chi connectivity index (χ3n) is 4.43. The summed E-state index contributed by atoms with van der Waals surface area (Å²) in [4.78, 5) is 16.7. The summed E-state index contributed by atoms with van der Waals surface area (Å²) in [6.45, 7) is 4.36. The van der Waals surface area contributed by atoms with Gasteiger partial charge in [0.1, 0.15) is 0 Å². The zero-order chi connectivity index (χ0) is 23.3.